The van der Waals surface area contributed by atoms with E-state index in [1.807, 2.05) is 36.4 Å². The first-order valence-electron chi connectivity index (χ1n) is 11.4. The maximum absolute atomic E-state index is 13.3. The minimum absolute atomic E-state index is 0.105. The highest BCUT2D eigenvalue weighted by Crippen LogP contribution is 2.39. The average molecular weight is 518 g/mol. The molecule has 1 aromatic heterocycles. The predicted molar refractivity (Wildman–Crippen MR) is 133 cm³/mol. The summed E-state index contributed by atoms with van der Waals surface area (Å²) >= 11 is 0. The standard InChI is InChI=1S/C26H26F3N3O3S/c1-32(2)36(35)22-15-19(26(27,28)29)12-13-20(22)17-8-10-18(11-9-17)23-21(24(33)31-25(34)30-23)14-16-6-4-3-5-7-16/h3-8,12-13,15,18H,9-11,14H2,1-2H3,(H2,30,31,33,34). The first-order chi connectivity index (χ1) is 17.0. The minimum atomic E-state index is -4.54. The maximum atomic E-state index is 13.3. The van der Waals surface area contributed by atoms with Crippen molar-refractivity contribution in [2.45, 2.75) is 42.7 Å². The highest BCUT2D eigenvalue weighted by molar-refractivity contribution is 7.82. The summed E-state index contributed by atoms with van der Waals surface area (Å²) in [7, 11) is 1.32. The molecule has 0 saturated carbocycles. The zero-order chi connectivity index (χ0) is 26.0. The summed E-state index contributed by atoms with van der Waals surface area (Å²) in [6.45, 7) is 0. The molecule has 0 amide bonds. The second-order valence-electron chi connectivity index (χ2n) is 8.93. The molecule has 0 fully saturated rings. The molecule has 0 saturated heterocycles. The molecule has 2 aromatic carbocycles. The number of benzene rings is 2. The van der Waals surface area contributed by atoms with Crippen molar-refractivity contribution in [3.8, 4) is 0 Å². The molecule has 36 heavy (non-hydrogen) atoms. The van der Waals surface area contributed by atoms with Gasteiger partial charge in [-0.25, -0.2) is 13.3 Å². The van der Waals surface area contributed by atoms with Crippen LogP contribution in [0.4, 0.5) is 13.2 Å². The summed E-state index contributed by atoms with van der Waals surface area (Å²) in [5, 5.41) is 0. The van der Waals surface area contributed by atoms with Crippen LogP contribution in [0, 0.1) is 0 Å². The molecular weight excluding hydrogens is 491 g/mol. The van der Waals surface area contributed by atoms with Crippen LogP contribution < -0.4 is 11.2 Å². The molecule has 2 N–H and O–H groups in total. The Morgan fingerprint density at radius 1 is 1.06 bits per heavy atom. The van der Waals surface area contributed by atoms with Crippen molar-refractivity contribution in [2.24, 2.45) is 0 Å². The van der Waals surface area contributed by atoms with Gasteiger partial charge in [0.1, 0.15) is 11.0 Å². The van der Waals surface area contributed by atoms with Gasteiger partial charge in [0, 0.05) is 23.6 Å². The molecule has 0 spiro atoms. The Labute approximate surface area is 208 Å². The summed E-state index contributed by atoms with van der Waals surface area (Å²) in [6, 6.07) is 12.8. The minimum Gasteiger partial charge on any atom is -0.311 e. The van der Waals surface area contributed by atoms with Gasteiger partial charge in [-0.1, -0.05) is 42.5 Å². The number of aromatic amines is 2. The van der Waals surface area contributed by atoms with E-state index in [1.165, 1.54) is 10.4 Å². The van der Waals surface area contributed by atoms with Crippen LogP contribution in [0.1, 0.15) is 53.1 Å². The first kappa shape index (κ1) is 25.8. The zero-order valence-electron chi connectivity index (χ0n) is 19.8. The van der Waals surface area contributed by atoms with Crippen LogP contribution in [0.15, 0.2) is 69.1 Å². The summed E-state index contributed by atoms with van der Waals surface area (Å²) in [5.74, 6) is -0.139. The lowest BCUT2D eigenvalue weighted by molar-refractivity contribution is -0.137. The van der Waals surface area contributed by atoms with E-state index in [4.69, 9.17) is 0 Å². The number of nitrogens with one attached hydrogen (secondary N) is 2. The van der Waals surface area contributed by atoms with E-state index < -0.39 is 34.0 Å². The van der Waals surface area contributed by atoms with Gasteiger partial charge < -0.3 is 4.98 Å². The third-order valence-corrected chi connectivity index (χ3v) is 7.67. The van der Waals surface area contributed by atoms with Crippen molar-refractivity contribution >= 4 is 16.6 Å². The van der Waals surface area contributed by atoms with E-state index in [0.29, 0.717) is 42.5 Å². The second-order valence-corrected chi connectivity index (χ2v) is 10.6. The molecule has 1 aliphatic carbocycles. The topological polar surface area (TPSA) is 86.0 Å². The van der Waals surface area contributed by atoms with Crippen LogP contribution >= 0.6 is 0 Å². The fourth-order valence-corrected chi connectivity index (χ4v) is 5.51. The highest BCUT2D eigenvalue weighted by atomic mass is 32.2. The first-order valence-corrected chi connectivity index (χ1v) is 12.5. The third kappa shape index (κ3) is 5.60. The molecule has 10 heteroatoms. The van der Waals surface area contributed by atoms with Crippen LogP contribution in [0.2, 0.25) is 0 Å². The van der Waals surface area contributed by atoms with Crippen LogP contribution in [0.5, 0.6) is 0 Å². The smallest absolute Gasteiger partial charge is 0.311 e. The Morgan fingerprint density at radius 2 is 1.78 bits per heavy atom. The van der Waals surface area contributed by atoms with Gasteiger partial charge in [0.15, 0.2) is 0 Å². The number of hydrogen-bond donors (Lipinski definition) is 2. The van der Waals surface area contributed by atoms with Gasteiger partial charge >= 0.3 is 11.9 Å². The van der Waals surface area contributed by atoms with E-state index in [9.17, 15) is 27.0 Å². The Bertz CT molecular complexity index is 1430. The fourth-order valence-electron chi connectivity index (χ4n) is 4.50. The lowest BCUT2D eigenvalue weighted by Gasteiger charge is -2.25. The Hall–Kier alpha value is -3.24. The van der Waals surface area contributed by atoms with Gasteiger partial charge in [-0.2, -0.15) is 13.2 Å². The zero-order valence-corrected chi connectivity index (χ0v) is 20.6. The molecule has 3 aromatic rings. The number of allylic oxidation sites excluding steroid dienone is 2. The van der Waals surface area contributed by atoms with Gasteiger partial charge in [-0.3, -0.25) is 9.78 Å². The molecule has 0 bridgehead atoms. The van der Waals surface area contributed by atoms with Crippen LogP contribution in [-0.4, -0.2) is 32.6 Å². The number of halogens is 3. The van der Waals surface area contributed by atoms with Gasteiger partial charge in [0.2, 0.25) is 0 Å². The molecule has 2 unspecified atom stereocenters. The molecule has 0 aliphatic heterocycles. The molecule has 2 atom stereocenters. The third-order valence-electron chi connectivity index (χ3n) is 6.29. The molecule has 190 valence electrons. The van der Waals surface area contributed by atoms with Crippen molar-refractivity contribution in [1.82, 2.24) is 14.3 Å². The lowest BCUT2D eigenvalue weighted by atomic mass is 9.82. The number of aromatic nitrogens is 2. The summed E-state index contributed by atoms with van der Waals surface area (Å²) in [5.41, 5.74) is 1.45. The van der Waals surface area contributed by atoms with E-state index in [0.717, 1.165) is 23.3 Å². The molecule has 4 rings (SSSR count). The monoisotopic (exact) mass is 517 g/mol. The Morgan fingerprint density at radius 3 is 2.39 bits per heavy atom. The molecule has 1 aliphatic rings. The van der Waals surface area contributed by atoms with E-state index >= 15 is 0 Å². The summed E-state index contributed by atoms with van der Waals surface area (Å²) in [6.07, 6.45) is -0.739. The van der Waals surface area contributed by atoms with Crippen LogP contribution in [0.25, 0.3) is 5.57 Å². The Kier molecular flexibility index (Phi) is 7.46. The van der Waals surface area contributed by atoms with Crippen molar-refractivity contribution in [2.75, 3.05) is 14.1 Å². The number of alkyl halides is 3. The molecule has 0 radical (unpaired) electrons. The van der Waals surface area contributed by atoms with Crippen molar-refractivity contribution in [3.05, 3.63) is 103 Å². The number of hydrogen-bond acceptors (Lipinski definition) is 3. The quantitative estimate of drug-likeness (QED) is 0.501. The molecule has 1 heterocycles. The van der Waals surface area contributed by atoms with Gasteiger partial charge in [-0.05, 0) is 62.2 Å². The second kappa shape index (κ2) is 10.4. The van der Waals surface area contributed by atoms with Crippen molar-refractivity contribution in [1.29, 1.82) is 0 Å². The fraction of sp³-hybridized carbons (Fsp3) is 0.308. The van der Waals surface area contributed by atoms with Crippen LogP contribution in [0.3, 0.4) is 0 Å². The summed E-state index contributed by atoms with van der Waals surface area (Å²) in [4.78, 5) is 30.0. The van der Waals surface area contributed by atoms with Crippen molar-refractivity contribution in [3.63, 3.8) is 0 Å². The largest absolute Gasteiger partial charge is 0.416 e. The number of H-pyrrole nitrogens is 2. The van der Waals surface area contributed by atoms with Gasteiger partial charge in [0.05, 0.1) is 10.5 Å². The number of rotatable bonds is 6. The lowest BCUT2D eigenvalue weighted by Crippen LogP contribution is -2.30. The summed E-state index contributed by atoms with van der Waals surface area (Å²) < 4.78 is 54.2. The highest BCUT2D eigenvalue weighted by Gasteiger charge is 2.32. The average Bonchev–Trinajstić information content (AvgIpc) is 2.85. The van der Waals surface area contributed by atoms with E-state index in [1.54, 1.807) is 14.1 Å². The van der Waals surface area contributed by atoms with Gasteiger partial charge in [-0.15, -0.1) is 0 Å². The predicted octanol–water partition coefficient (Wildman–Crippen LogP) is 4.61. The normalized spacial score (nSPS) is 17.2. The number of nitrogens with zero attached hydrogens (tertiary/aromatic N) is 1. The molecule has 6 nitrogen and oxygen atoms in total. The maximum Gasteiger partial charge on any atom is 0.416 e. The van der Waals surface area contributed by atoms with Crippen LogP contribution in [-0.2, 0) is 23.6 Å². The van der Waals surface area contributed by atoms with E-state index in [2.05, 4.69) is 9.97 Å². The Balaban J connectivity index is 1.68. The van der Waals surface area contributed by atoms with E-state index in [-0.39, 0.29) is 10.8 Å². The van der Waals surface area contributed by atoms with Gasteiger partial charge in [0.25, 0.3) is 5.56 Å². The molecular formula is C26H26F3N3O3S. The SMILES string of the molecule is CN(C)S(=O)c1cc(C(F)(F)F)ccc1C1=CCC(c2[nH]c(=O)[nH]c(=O)c2Cc2ccccc2)CC1. The van der Waals surface area contributed by atoms with Crippen molar-refractivity contribution < 1.29 is 17.4 Å².